The van der Waals surface area contributed by atoms with Gasteiger partial charge >= 0.3 is 0 Å². The van der Waals surface area contributed by atoms with E-state index in [1.165, 1.54) is 5.56 Å². The van der Waals surface area contributed by atoms with Crippen LogP contribution >= 0.6 is 12.2 Å². The Hall–Kier alpha value is -2.40. The number of benzene rings is 2. The summed E-state index contributed by atoms with van der Waals surface area (Å²) in [5.74, 6) is 0.229. The predicted molar refractivity (Wildman–Crippen MR) is 91.0 cm³/mol. The van der Waals surface area contributed by atoms with Crippen LogP contribution in [0.15, 0.2) is 47.6 Å². The van der Waals surface area contributed by atoms with E-state index in [4.69, 9.17) is 12.2 Å². The maximum absolute atomic E-state index is 9.19. The van der Waals surface area contributed by atoms with E-state index in [1.807, 2.05) is 19.1 Å². The fourth-order valence-electron chi connectivity index (χ4n) is 1.83. The summed E-state index contributed by atoms with van der Waals surface area (Å²) in [4.78, 5) is 0. The van der Waals surface area contributed by atoms with Crippen LogP contribution in [0.25, 0.3) is 0 Å². The number of anilines is 1. The summed E-state index contributed by atoms with van der Waals surface area (Å²) < 4.78 is 0. The van der Waals surface area contributed by atoms with E-state index in [0.717, 1.165) is 16.8 Å². The monoisotopic (exact) mass is 299 g/mol. The summed E-state index contributed by atoms with van der Waals surface area (Å²) in [6.07, 6.45) is 1.63. The molecule has 0 amide bonds. The number of aromatic hydroxyl groups is 1. The largest absolute Gasteiger partial charge is 0.508 e. The Morgan fingerprint density at radius 1 is 1.14 bits per heavy atom. The first-order chi connectivity index (χ1) is 10.0. The average molecular weight is 299 g/mol. The molecule has 2 rings (SSSR count). The van der Waals surface area contributed by atoms with Crippen LogP contribution in [-0.4, -0.2) is 16.4 Å². The lowest BCUT2D eigenvalue weighted by molar-refractivity contribution is 0.475. The van der Waals surface area contributed by atoms with Gasteiger partial charge in [-0.3, -0.25) is 5.43 Å². The third-order valence-electron chi connectivity index (χ3n) is 2.90. The SMILES string of the molecule is Cc1ccc(NC(=S)N/N=C/c2ccc(O)cc2)c(C)c1. The number of nitrogens with one attached hydrogen (secondary N) is 2. The van der Waals surface area contributed by atoms with E-state index >= 15 is 0 Å². The molecule has 108 valence electrons. The standard InChI is InChI=1S/C16H17N3OS/c1-11-3-8-15(12(2)9-11)18-16(21)19-17-10-13-4-6-14(20)7-5-13/h3-10,20H,1-2H3,(H2,18,19,21)/b17-10+. The van der Waals surface area contributed by atoms with E-state index in [1.54, 1.807) is 30.5 Å². The summed E-state index contributed by atoms with van der Waals surface area (Å²) in [6, 6.07) is 12.8. The van der Waals surface area contributed by atoms with Crippen molar-refractivity contribution in [2.75, 3.05) is 5.32 Å². The van der Waals surface area contributed by atoms with Crippen molar-refractivity contribution in [2.45, 2.75) is 13.8 Å². The molecule has 0 unspecified atom stereocenters. The highest BCUT2D eigenvalue weighted by Crippen LogP contribution is 2.15. The molecule has 2 aromatic rings. The van der Waals surface area contributed by atoms with Gasteiger partial charge in [0.25, 0.3) is 0 Å². The van der Waals surface area contributed by atoms with Crippen LogP contribution in [0, 0.1) is 13.8 Å². The van der Waals surface area contributed by atoms with Crippen LogP contribution in [0.4, 0.5) is 5.69 Å². The zero-order valence-corrected chi connectivity index (χ0v) is 12.7. The van der Waals surface area contributed by atoms with Gasteiger partial charge in [-0.25, -0.2) is 0 Å². The topological polar surface area (TPSA) is 56.7 Å². The van der Waals surface area contributed by atoms with Crippen LogP contribution in [0.3, 0.4) is 0 Å². The van der Waals surface area contributed by atoms with Gasteiger partial charge in [0.05, 0.1) is 6.21 Å². The van der Waals surface area contributed by atoms with Crippen LogP contribution in [-0.2, 0) is 0 Å². The molecule has 0 bridgehead atoms. The molecule has 0 heterocycles. The third kappa shape index (κ3) is 4.57. The number of hydrogen-bond acceptors (Lipinski definition) is 3. The molecule has 0 aliphatic rings. The lowest BCUT2D eigenvalue weighted by Crippen LogP contribution is -2.24. The Morgan fingerprint density at radius 2 is 1.86 bits per heavy atom. The Kier molecular flexibility index (Phi) is 4.90. The van der Waals surface area contributed by atoms with Gasteiger partial charge < -0.3 is 10.4 Å². The fraction of sp³-hybridized carbons (Fsp3) is 0.125. The molecular formula is C16H17N3OS. The molecule has 0 saturated carbocycles. The molecule has 0 fully saturated rings. The van der Waals surface area contributed by atoms with E-state index in [-0.39, 0.29) is 5.75 Å². The van der Waals surface area contributed by atoms with Gasteiger partial charge in [0.15, 0.2) is 5.11 Å². The minimum absolute atomic E-state index is 0.229. The summed E-state index contributed by atoms with van der Waals surface area (Å²) >= 11 is 5.19. The minimum Gasteiger partial charge on any atom is -0.508 e. The minimum atomic E-state index is 0.229. The van der Waals surface area contributed by atoms with E-state index in [9.17, 15) is 5.11 Å². The Balaban J connectivity index is 1.91. The summed E-state index contributed by atoms with van der Waals surface area (Å²) in [5, 5.41) is 16.8. The van der Waals surface area contributed by atoms with E-state index in [2.05, 4.69) is 28.8 Å². The van der Waals surface area contributed by atoms with E-state index in [0.29, 0.717) is 5.11 Å². The van der Waals surface area contributed by atoms with Crippen LogP contribution in [0.5, 0.6) is 5.75 Å². The molecule has 5 heteroatoms. The van der Waals surface area contributed by atoms with Gasteiger partial charge in [-0.15, -0.1) is 0 Å². The first kappa shape index (κ1) is 15.0. The third-order valence-corrected chi connectivity index (χ3v) is 3.10. The number of phenols is 1. The molecule has 21 heavy (non-hydrogen) atoms. The molecule has 2 aromatic carbocycles. The van der Waals surface area contributed by atoms with Crippen molar-refractivity contribution in [3.63, 3.8) is 0 Å². The zero-order valence-electron chi connectivity index (χ0n) is 11.9. The average Bonchev–Trinajstić information content (AvgIpc) is 2.44. The first-order valence-electron chi connectivity index (χ1n) is 6.51. The Bertz CT molecular complexity index is 666. The van der Waals surface area contributed by atoms with Gasteiger partial charge in [-0.1, -0.05) is 17.7 Å². The molecule has 4 nitrogen and oxygen atoms in total. The number of thiocarbonyl (C=S) groups is 1. The predicted octanol–water partition coefficient (Wildman–Crippen LogP) is 3.33. The van der Waals surface area contributed by atoms with Gasteiger partial charge in [0.1, 0.15) is 5.75 Å². The summed E-state index contributed by atoms with van der Waals surface area (Å²) in [6.45, 7) is 4.08. The van der Waals surface area contributed by atoms with Gasteiger partial charge in [0, 0.05) is 5.69 Å². The lowest BCUT2D eigenvalue weighted by Gasteiger charge is -2.10. The molecule has 0 aliphatic carbocycles. The normalized spacial score (nSPS) is 10.6. The highest BCUT2D eigenvalue weighted by atomic mass is 32.1. The van der Waals surface area contributed by atoms with Crippen molar-refractivity contribution in [2.24, 2.45) is 5.10 Å². The van der Waals surface area contributed by atoms with Gasteiger partial charge in [-0.2, -0.15) is 5.10 Å². The van der Waals surface area contributed by atoms with Crippen LogP contribution in [0.1, 0.15) is 16.7 Å². The zero-order chi connectivity index (χ0) is 15.2. The second kappa shape index (κ2) is 6.85. The lowest BCUT2D eigenvalue weighted by atomic mass is 10.1. The smallest absolute Gasteiger partial charge is 0.191 e. The van der Waals surface area contributed by atoms with Crippen molar-refractivity contribution in [1.29, 1.82) is 0 Å². The highest BCUT2D eigenvalue weighted by Gasteiger charge is 2.00. The van der Waals surface area contributed by atoms with Crippen molar-refractivity contribution >= 4 is 29.2 Å². The number of nitrogens with zero attached hydrogens (tertiary/aromatic N) is 1. The highest BCUT2D eigenvalue weighted by molar-refractivity contribution is 7.80. The number of hydrazone groups is 1. The van der Waals surface area contributed by atoms with Crippen molar-refractivity contribution in [3.05, 3.63) is 59.2 Å². The number of aryl methyl sites for hydroxylation is 2. The van der Waals surface area contributed by atoms with Crippen molar-refractivity contribution < 1.29 is 5.11 Å². The van der Waals surface area contributed by atoms with Gasteiger partial charge in [-0.05, 0) is 67.5 Å². The maximum Gasteiger partial charge on any atom is 0.191 e. The van der Waals surface area contributed by atoms with Crippen molar-refractivity contribution in [3.8, 4) is 5.75 Å². The summed E-state index contributed by atoms with van der Waals surface area (Å²) in [5.41, 5.74) is 6.93. The molecule has 0 spiro atoms. The fourth-order valence-corrected chi connectivity index (χ4v) is 1.99. The molecule has 3 N–H and O–H groups in total. The second-order valence-corrected chi connectivity index (χ2v) is 5.14. The van der Waals surface area contributed by atoms with Gasteiger partial charge in [0.2, 0.25) is 0 Å². The Labute approximate surface area is 129 Å². The Morgan fingerprint density at radius 3 is 2.52 bits per heavy atom. The second-order valence-electron chi connectivity index (χ2n) is 4.73. The van der Waals surface area contributed by atoms with Crippen LogP contribution in [0.2, 0.25) is 0 Å². The number of rotatable bonds is 3. The number of phenolic OH excluding ortho intramolecular Hbond substituents is 1. The molecule has 0 saturated heterocycles. The van der Waals surface area contributed by atoms with E-state index < -0.39 is 0 Å². The quantitative estimate of drug-likeness (QED) is 0.462. The maximum atomic E-state index is 9.19. The molecule has 0 aromatic heterocycles. The molecule has 0 radical (unpaired) electrons. The first-order valence-corrected chi connectivity index (χ1v) is 6.92. The number of hydrogen-bond donors (Lipinski definition) is 3. The van der Waals surface area contributed by atoms with Crippen molar-refractivity contribution in [1.82, 2.24) is 5.43 Å². The molecular weight excluding hydrogens is 282 g/mol. The molecule has 0 atom stereocenters. The summed E-state index contributed by atoms with van der Waals surface area (Å²) in [7, 11) is 0. The molecule has 0 aliphatic heterocycles. The van der Waals surface area contributed by atoms with Crippen LogP contribution < -0.4 is 10.7 Å².